The van der Waals surface area contributed by atoms with Crippen LogP contribution in [-0.2, 0) is 15.1 Å². The number of hydrogen-bond acceptors (Lipinski definition) is 5. The molecule has 1 spiro atoms. The Balaban J connectivity index is 1.63. The Morgan fingerprint density at radius 2 is 2.13 bits per heavy atom. The molecule has 1 aromatic heterocycles. The minimum Gasteiger partial charge on any atom is -0.444 e. The third-order valence-electron chi connectivity index (χ3n) is 4.11. The average molecular weight is 385 g/mol. The van der Waals surface area contributed by atoms with Gasteiger partial charge in [0, 0.05) is 18.2 Å². The Bertz CT molecular complexity index is 608. The second-order valence-electron chi connectivity index (χ2n) is 7.39. The van der Waals surface area contributed by atoms with Gasteiger partial charge in [-0.3, -0.25) is 0 Å². The molecule has 6 nitrogen and oxygen atoms in total. The second-order valence-corrected chi connectivity index (χ2v) is 8.20. The fraction of sp³-hybridized carbons (Fsp3) is 0.625. The Labute approximate surface area is 143 Å². The van der Waals surface area contributed by atoms with Crippen molar-refractivity contribution in [2.75, 3.05) is 19.7 Å². The van der Waals surface area contributed by atoms with Gasteiger partial charge in [0.15, 0.2) is 0 Å². The van der Waals surface area contributed by atoms with E-state index < -0.39 is 16.8 Å². The van der Waals surface area contributed by atoms with Crippen LogP contribution in [0.3, 0.4) is 0 Å². The summed E-state index contributed by atoms with van der Waals surface area (Å²) in [4.78, 5) is 17.8. The highest BCUT2D eigenvalue weighted by atomic mass is 79.9. The quantitative estimate of drug-likeness (QED) is 0.752. The lowest BCUT2D eigenvalue weighted by atomic mass is 9.82. The lowest BCUT2D eigenvalue weighted by molar-refractivity contribution is -0.109. The molecule has 7 heteroatoms. The zero-order valence-electron chi connectivity index (χ0n) is 13.5. The average Bonchev–Trinajstić information content (AvgIpc) is 2.75. The molecule has 3 heterocycles. The highest BCUT2D eigenvalue weighted by molar-refractivity contribution is 9.10. The first-order chi connectivity index (χ1) is 10.6. The molecule has 0 aromatic carbocycles. The van der Waals surface area contributed by atoms with E-state index >= 15 is 0 Å². The molecule has 1 unspecified atom stereocenters. The first-order valence-corrected chi connectivity index (χ1v) is 8.37. The van der Waals surface area contributed by atoms with Crippen molar-refractivity contribution in [3.8, 4) is 0 Å². The summed E-state index contributed by atoms with van der Waals surface area (Å²) in [5.41, 5.74) is -1.33. The molecule has 0 bridgehead atoms. The van der Waals surface area contributed by atoms with Crippen molar-refractivity contribution in [3.63, 3.8) is 0 Å². The van der Waals surface area contributed by atoms with Gasteiger partial charge in [-0.1, -0.05) is 6.07 Å². The Morgan fingerprint density at radius 3 is 2.70 bits per heavy atom. The molecular formula is C16H21BrN2O4. The summed E-state index contributed by atoms with van der Waals surface area (Å²) in [7, 11) is 0. The standard InChI is InChI=1S/C16H21BrN2O4/c1-14(2,3)23-13(20)19-8-15(9-19)7-16(21,10-22-15)11-4-5-12(17)18-6-11/h4-6,21H,7-10H2,1-3H3. The van der Waals surface area contributed by atoms with Crippen LogP contribution in [0.5, 0.6) is 0 Å². The number of rotatable bonds is 1. The molecule has 0 saturated carbocycles. The fourth-order valence-corrected chi connectivity index (χ4v) is 3.29. The van der Waals surface area contributed by atoms with Crippen LogP contribution >= 0.6 is 15.9 Å². The van der Waals surface area contributed by atoms with Crippen LogP contribution in [-0.4, -0.2) is 52.0 Å². The van der Waals surface area contributed by atoms with E-state index in [-0.39, 0.29) is 12.7 Å². The monoisotopic (exact) mass is 384 g/mol. The summed E-state index contributed by atoms with van der Waals surface area (Å²) in [5, 5.41) is 10.9. The van der Waals surface area contributed by atoms with Gasteiger partial charge in [0.05, 0.1) is 19.7 Å². The van der Waals surface area contributed by atoms with E-state index in [1.54, 1.807) is 17.2 Å². The Hall–Kier alpha value is -1.18. The van der Waals surface area contributed by atoms with Crippen LogP contribution < -0.4 is 0 Å². The van der Waals surface area contributed by atoms with Crippen LogP contribution in [0.15, 0.2) is 22.9 Å². The van der Waals surface area contributed by atoms with E-state index in [2.05, 4.69) is 20.9 Å². The SMILES string of the molecule is CC(C)(C)OC(=O)N1CC2(C1)CC(O)(c1ccc(Br)nc1)CO2. The van der Waals surface area contributed by atoms with Crippen molar-refractivity contribution < 1.29 is 19.4 Å². The molecule has 2 aliphatic rings. The summed E-state index contributed by atoms with van der Waals surface area (Å²) in [6, 6.07) is 3.63. The maximum absolute atomic E-state index is 12.0. The van der Waals surface area contributed by atoms with E-state index in [1.807, 2.05) is 26.8 Å². The van der Waals surface area contributed by atoms with Gasteiger partial charge in [-0.25, -0.2) is 9.78 Å². The maximum Gasteiger partial charge on any atom is 0.410 e. The summed E-state index contributed by atoms with van der Waals surface area (Å²) in [5.74, 6) is 0. The van der Waals surface area contributed by atoms with Crippen LogP contribution in [0.25, 0.3) is 0 Å². The Kier molecular flexibility index (Phi) is 3.93. The molecule has 1 amide bonds. The number of carbonyl (C=O) groups is 1. The van der Waals surface area contributed by atoms with E-state index in [1.165, 1.54) is 0 Å². The van der Waals surface area contributed by atoms with Crippen molar-refractivity contribution in [1.82, 2.24) is 9.88 Å². The van der Waals surface area contributed by atoms with Gasteiger partial charge in [0.25, 0.3) is 0 Å². The van der Waals surface area contributed by atoms with Gasteiger partial charge in [-0.15, -0.1) is 0 Å². The van der Waals surface area contributed by atoms with Crippen molar-refractivity contribution in [1.29, 1.82) is 0 Å². The van der Waals surface area contributed by atoms with E-state index in [9.17, 15) is 9.90 Å². The summed E-state index contributed by atoms with van der Waals surface area (Å²) >= 11 is 3.28. The van der Waals surface area contributed by atoms with Gasteiger partial charge < -0.3 is 19.5 Å². The van der Waals surface area contributed by atoms with Crippen molar-refractivity contribution in [2.24, 2.45) is 0 Å². The van der Waals surface area contributed by atoms with Crippen LogP contribution in [0.2, 0.25) is 0 Å². The minimum atomic E-state index is -1.06. The number of hydrogen-bond donors (Lipinski definition) is 1. The number of ether oxygens (including phenoxy) is 2. The van der Waals surface area contributed by atoms with Gasteiger partial charge in [-0.2, -0.15) is 0 Å². The molecule has 2 aliphatic heterocycles. The zero-order chi connectivity index (χ0) is 16.9. The third-order valence-corrected chi connectivity index (χ3v) is 4.58. The van der Waals surface area contributed by atoms with Crippen LogP contribution in [0.4, 0.5) is 4.79 Å². The smallest absolute Gasteiger partial charge is 0.410 e. The van der Waals surface area contributed by atoms with Crippen molar-refractivity contribution in [3.05, 3.63) is 28.5 Å². The Morgan fingerprint density at radius 1 is 1.43 bits per heavy atom. The number of aromatic nitrogens is 1. The topological polar surface area (TPSA) is 71.9 Å². The highest BCUT2D eigenvalue weighted by Crippen LogP contribution is 2.45. The first kappa shape index (κ1) is 16.7. The number of likely N-dealkylation sites (tertiary alicyclic amines) is 1. The fourth-order valence-electron chi connectivity index (χ4n) is 3.05. The summed E-state index contributed by atoms with van der Waals surface area (Å²) < 4.78 is 11.9. The van der Waals surface area contributed by atoms with Crippen molar-refractivity contribution in [2.45, 2.75) is 44.0 Å². The highest BCUT2D eigenvalue weighted by Gasteiger charge is 2.57. The molecule has 126 valence electrons. The summed E-state index contributed by atoms with van der Waals surface area (Å²) in [6.45, 7) is 6.60. The number of pyridine rings is 1. The first-order valence-electron chi connectivity index (χ1n) is 7.57. The number of nitrogens with zero attached hydrogens (tertiary/aromatic N) is 2. The van der Waals surface area contributed by atoms with Gasteiger partial charge >= 0.3 is 6.09 Å². The summed E-state index contributed by atoms with van der Waals surface area (Å²) in [6.07, 6.45) is 1.76. The third kappa shape index (κ3) is 3.36. The molecule has 0 aliphatic carbocycles. The van der Waals surface area contributed by atoms with Gasteiger partial charge in [-0.05, 0) is 42.8 Å². The molecule has 23 heavy (non-hydrogen) atoms. The predicted molar refractivity (Wildman–Crippen MR) is 86.9 cm³/mol. The maximum atomic E-state index is 12.0. The number of halogens is 1. The number of aliphatic hydroxyl groups is 1. The molecule has 2 saturated heterocycles. The second kappa shape index (κ2) is 5.43. The molecule has 2 fully saturated rings. The minimum absolute atomic E-state index is 0.207. The molecule has 1 atom stereocenters. The van der Waals surface area contributed by atoms with Crippen LogP contribution in [0.1, 0.15) is 32.8 Å². The van der Waals surface area contributed by atoms with Gasteiger partial charge in [0.1, 0.15) is 21.4 Å². The normalized spacial score (nSPS) is 26.2. The molecule has 0 radical (unpaired) electrons. The predicted octanol–water partition coefficient (Wildman–Crippen LogP) is 2.44. The molecular weight excluding hydrogens is 364 g/mol. The number of amides is 1. The van der Waals surface area contributed by atoms with Crippen LogP contribution in [0, 0.1) is 0 Å². The van der Waals surface area contributed by atoms with E-state index in [4.69, 9.17) is 9.47 Å². The number of carbonyl (C=O) groups excluding carboxylic acids is 1. The van der Waals surface area contributed by atoms with E-state index in [0.29, 0.717) is 19.5 Å². The molecule has 1 N–H and O–H groups in total. The van der Waals surface area contributed by atoms with Gasteiger partial charge in [0.2, 0.25) is 0 Å². The molecule has 3 rings (SSSR count). The largest absolute Gasteiger partial charge is 0.444 e. The van der Waals surface area contributed by atoms with E-state index in [0.717, 1.165) is 10.2 Å². The lowest BCUT2D eigenvalue weighted by Crippen LogP contribution is -2.64. The van der Waals surface area contributed by atoms with Crippen molar-refractivity contribution >= 4 is 22.0 Å². The molecule has 1 aromatic rings. The zero-order valence-corrected chi connectivity index (χ0v) is 15.1. The lowest BCUT2D eigenvalue weighted by Gasteiger charge is -2.47.